The Kier molecular flexibility index (Phi) is 6.91. The van der Waals surface area contributed by atoms with Gasteiger partial charge in [0.25, 0.3) is 0 Å². The maximum absolute atomic E-state index is 11.6. The zero-order valence-electron chi connectivity index (χ0n) is 12.1. The Morgan fingerprint density at radius 3 is 2.28 bits per heavy atom. The summed E-state index contributed by atoms with van der Waals surface area (Å²) in [5.74, 6) is -0.703. The zero-order valence-corrected chi connectivity index (χ0v) is 12.1. The summed E-state index contributed by atoms with van der Waals surface area (Å²) in [7, 11) is 3.47. The van der Waals surface area contributed by atoms with Gasteiger partial charge in [0.05, 0.1) is 6.04 Å². The Balaban J connectivity index is 3.95. The summed E-state index contributed by atoms with van der Waals surface area (Å²) in [6.07, 6.45) is 1.70. The summed E-state index contributed by atoms with van der Waals surface area (Å²) in [6.45, 7) is 6.66. The second kappa shape index (κ2) is 7.36. The van der Waals surface area contributed by atoms with E-state index in [1.165, 1.54) is 0 Å². The molecule has 0 saturated heterocycles. The number of rotatable bonds is 8. The van der Waals surface area contributed by atoms with E-state index in [9.17, 15) is 9.59 Å². The third-order valence-electron chi connectivity index (χ3n) is 3.08. The fourth-order valence-electron chi connectivity index (χ4n) is 1.67. The summed E-state index contributed by atoms with van der Waals surface area (Å²) < 4.78 is 0. The maximum Gasteiger partial charge on any atom is 0.303 e. The number of hydrogen-bond acceptors (Lipinski definition) is 3. The number of nitrogens with zero attached hydrogens (tertiary/aromatic N) is 1. The van der Waals surface area contributed by atoms with Gasteiger partial charge in [-0.25, -0.2) is 0 Å². The molecule has 0 radical (unpaired) electrons. The highest BCUT2D eigenvalue weighted by Gasteiger charge is 2.20. The Hall–Kier alpha value is -1.10. The fourth-order valence-corrected chi connectivity index (χ4v) is 1.67. The van der Waals surface area contributed by atoms with Crippen molar-refractivity contribution in [2.45, 2.75) is 46.1 Å². The van der Waals surface area contributed by atoms with Crippen LogP contribution in [-0.2, 0) is 9.59 Å². The Morgan fingerprint density at radius 2 is 1.83 bits per heavy atom. The third kappa shape index (κ3) is 7.27. The van der Waals surface area contributed by atoms with Gasteiger partial charge in [-0.15, -0.1) is 0 Å². The monoisotopic (exact) mass is 258 g/mol. The number of amides is 1. The highest BCUT2D eigenvalue weighted by atomic mass is 16.4. The molecular formula is C13H26N2O3. The number of carbonyl (C=O) groups excluding carboxylic acids is 1. The van der Waals surface area contributed by atoms with Crippen LogP contribution in [0.1, 0.15) is 40.0 Å². The molecule has 106 valence electrons. The van der Waals surface area contributed by atoms with Crippen LogP contribution in [0.15, 0.2) is 0 Å². The molecule has 0 saturated carbocycles. The minimum atomic E-state index is -0.757. The molecule has 0 aromatic carbocycles. The van der Waals surface area contributed by atoms with Crippen LogP contribution < -0.4 is 5.32 Å². The molecule has 0 fully saturated rings. The number of likely N-dealkylation sites (N-methyl/N-ethyl adjacent to an activating group) is 1. The third-order valence-corrected chi connectivity index (χ3v) is 3.08. The van der Waals surface area contributed by atoms with E-state index in [1.807, 2.05) is 6.92 Å². The van der Waals surface area contributed by atoms with Gasteiger partial charge in [0.1, 0.15) is 0 Å². The van der Waals surface area contributed by atoms with Crippen molar-refractivity contribution < 1.29 is 14.7 Å². The molecule has 2 N–H and O–H groups in total. The molecule has 18 heavy (non-hydrogen) atoms. The first-order valence-electron chi connectivity index (χ1n) is 6.32. The van der Waals surface area contributed by atoms with Gasteiger partial charge in [-0.1, -0.05) is 13.8 Å². The van der Waals surface area contributed by atoms with Crippen LogP contribution in [0.4, 0.5) is 0 Å². The molecule has 0 aliphatic carbocycles. The first kappa shape index (κ1) is 16.9. The van der Waals surface area contributed by atoms with E-state index < -0.39 is 5.97 Å². The molecule has 0 aliphatic rings. The maximum atomic E-state index is 11.6. The van der Waals surface area contributed by atoms with Gasteiger partial charge in [0.15, 0.2) is 0 Å². The average molecular weight is 258 g/mol. The quantitative estimate of drug-likeness (QED) is 0.689. The van der Waals surface area contributed by atoms with Crippen LogP contribution in [0.2, 0.25) is 0 Å². The molecule has 0 aromatic rings. The van der Waals surface area contributed by atoms with Crippen molar-refractivity contribution >= 4 is 11.9 Å². The van der Waals surface area contributed by atoms with Crippen molar-refractivity contribution in [3.8, 4) is 0 Å². The Morgan fingerprint density at radius 1 is 1.28 bits per heavy atom. The minimum Gasteiger partial charge on any atom is -0.481 e. The van der Waals surface area contributed by atoms with Crippen LogP contribution in [0.25, 0.3) is 0 Å². The number of carboxylic acid groups (broad SMARTS) is 1. The van der Waals surface area contributed by atoms with Gasteiger partial charge in [-0.2, -0.15) is 0 Å². The smallest absolute Gasteiger partial charge is 0.303 e. The van der Waals surface area contributed by atoms with E-state index >= 15 is 0 Å². The molecule has 1 atom stereocenters. The van der Waals surface area contributed by atoms with Crippen molar-refractivity contribution in [2.24, 2.45) is 5.41 Å². The largest absolute Gasteiger partial charge is 0.481 e. The van der Waals surface area contributed by atoms with E-state index in [4.69, 9.17) is 5.11 Å². The second-order valence-corrected chi connectivity index (χ2v) is 5.72. The second-order valence-electron chi connectivity index (χ2n) is 5.72. The molecule has 1 amide bonds. The van der Waals surface area contributed by atoms with E-state index in [0.717, 1.165) is 6.42 Å². The van der Waals surface area contributed by atoms with Crippen molar-refractivity contribution in [1.29, 1.82) is 0 Å². The van der Waals surface area contributed by atoms with Crippen LogP contribution in [-0.4, -0.2) is 48.6 Å². The number of aliphatic carboxylic acids is 1. The lowest BCUT2D eigenvalue weighted by atomic mass is 9.84. The molecule has 5 nitrogen and oxygen atoms in total. The van der Waals surface area contributed by atoms with Gasteiger partial charge in [0, 0.05) is 20.5 Å². The molecule has 0 aromatic heterocycles. The number of hydrogen-bond donors (Lipinski definition) is 2. The van der Waals surface area contributed by atoms with E-state index in [-0.39, 0.29) is 23.8 Å². The van der Waals surface area contributed by atoms with Crippen LogP contribution in [0.3, 0.4) is 0 Å². The molecular weight excluding hydrogens is 232 g/mol. The van der Waals surface area contributed by atoms with Crippen LogP contribution in [0, 0.1) is 5.41 Å². The summed E-state index contributed by atoms with van der Waals surface area (Å²) in [6, 6.07) is -0.199. The first-order valence-corrected chi connectivity index (χ1v) is 6.32. The van der Waals surface area contributed by atoms with Gasteiger partial charge >= 0.3 is 5.97 Å². The highest BCUT2D eigenvalue weighted by molar-refractivity contribution is 5.80. The van der Waals surface area contributed by atoms with Crippen molar-refractivity contribution in [2.75, 3.05) is 20.6 Å². The predicted octanol–water partition coefficient (Wildman–Crippen LogP) is 1.33. The molecule has 0 rings (SSSR count). The summed E-state index contributed by atoms with van der Waals surface area (Å²) in [4.78, 5) is 23.7. The summed E-state index contributed by atoms with van der Waals surface area (Å²) in [5, 5.41) is 11.8. The number of carbonyl (C=O) groups is 2. The van der Waals surface area contributed by atoms with Crippen molar-refractivity contribution in [1.82, 2.24) is 10.2 Å². The molecule has 0 spiro atoms. The SMILES string of the molecule is CC(NCCC(C)(C)CCC(=O)O)C(=O)N(C)C. The fraction of sp³-hybridized carbons (Fsp3) is 0.846. The van der Waals surface area contributed by atoms with Crippen LogP contribution >= 0.6 is 0 Å². The Bertz CT molecular complexity index is 288. The Labute approximate surface area is 110 Å². The lowest BCUT2D eigenvalue weighted by molar-refractivity contribution is -0.137. The highest BCUT2D eigenvalue weighted by Crippen LogP contribution is 2.26. The van der Waals surface area contributed by atoms with E-state index in [2.05, 4.69) is 19.2 Å². The lowest BCUT2D eigenvalue weighted by Gasteiger charge is -2.25. The topological polar surface area (TPSA) is 69.6 Å². The van der Waals surface area contributed by atoms with Crippen molar-refractivity contribution in [3.05, 3.63) is 0 Å². The van der Waals surface area contributed by atoms with Crippen molar-refractivity contribution in [3.63, 3.8) is 0 Å². The molecule has 0 bridgehead atoms. The standard InChI is InChI=1S/C13H26N2O3/c1-10(12(18)15(4)5)14-9-8-13(2,3)7-6-11(16)17/h10,14H,6-9H2,1-5H3,(H,16,17). The number of carboxylic acids is 1. The first-order chi connectivity index (χ1) is 8.15. The van der Waals surface area contributed by atoms with E-state index in [1.54, 1.807) is 19.0 Å². The molecule has 5 heteroatoms. The lowest BCUT2D eigenvalue weighted by Crippen LogP contribution is -2.42. The zero-order chi connectivity index (χ0) is 14.3. The van der Waals surface area contributed by atoms with Crippen LogP contribution in [0.5, 0.6) is 0 Å². The molecule has 1 unspecified atom stereocenters. The summed E-state index contributed by atoms with van der Waals surface area (Å²) in [5.41, 5.74) is -0.0216. The van der Waals surface area contributed by atoms with Gasteiger partial charge in [-0.05, 0) is 31.7 Å². The van der Waals surface area contributed by atoms with Gasteiger partial charge in [-0.3, -0.25) is 9.59 Å². The van der Waals surface area contributed by atoms with E-state index in [0.29, 0.717) is 13.0 Å². The van der Waals surface area contributed by atoms with Gasteiger partial charge in [0.2, 0.25) is 5.91 Å². The average Bonchev–Trinajstić information content (AvgIpc) is 2.25. The minimum absolute atomic E-state index is 0.0216. The predicted molar refractivity (Wildman–Crippen MR) is 71.4 cm³/mol. The normalized spacial score (nSPS) is 13.2. The molecule has 0 heterocycles. The summed E-state index contributed by atoms with van der Waals surface area (Å²) >= 11 is 0. The molecule has 0 aliphatic heterocycles. The van der Waals surface area contributed by atoms with Gasteiger partial charge < -0.3 is 15.3 Å². The number of nitrogens with one attached hydrogen (secondary N) is 1.